The van der Waals surface area contributed by atoms with Crippen molar-refractivity contribution >= 4 is 47.3 Å². The number of nitrogens with zero attached hydrogens (tertiary/aromatic N) is 7. The van der Waals surface area contributed by atoms with E-state index in [0.29, 0.717) is 35.1 Å². The average molecular weight is 618 g/mol. The Bertz CT molecular complexity index is 1390. The lowest BCUT2D eigenvalue weighted by Crippen LogP contribution is -2.71. The third-order valence-electron chi connectivity index (χ3n) is 7.37. The number of hydrogen-bond donors (Lipinski definition) is 4. The second kappa shape index (κ2) is 12.6. The van der Waals surface area contributed by atoms with Crippen molar-refractivity contribution in [2.75, 3.05) is 44.2 Å². The Hall–Kier alpha value is -3.83. The van der Waals surface area contributed by atoms with Crippen LogP contribution in [-0.2, 0) is 21.4 Å². The van der Waals surface area contributed by atoms with Crippen LogP contribution in [0.25, 0.3) is 0 Å². The molecule has 1 aromatic heterocycles. The van der Waals surface area contributed by atoms with Gasteiger partial charge in [0.1, 0.15) is 28.9 Å². The molecule has 0 spiro atoms. The van der Waals surface area contributed by atoms with E-state index >= 15 is 0 Å². The molecular weight excluding hydrogens is 586 g/mol. The molecular formula is C25H31N9O6S2. The number of carboxylic acid groups (broad SMARTS) is 1. The minimum Gasteiger partial charge on any atom is -0.508 e. The molecule has 0 saturated carbocycles. The number of aromatic hydroxyl groups is 1. The second-order valence-corrected chi connectivity index (χ2v) is 12.0. The SMILES string of the molecule is CCN1CCN(C(=O)NC(C(=O)NC2C(=O)N3C(C(=O)O)=C(CSc4nnnn4C)CSC23)c2ccc(O)cc2)CC1. The third kappa shape index (κ3) is 6.03. The highest BCUT2D eigenvalue weighted by molar-refractivity contribution is 8.01. The van der Waals surface area contributed by atoms with Crippen LogP contribution in [0.4, 0.5) is 4.79 Å². The number of β-lactam (4-membered cyclic amide) rings is 1. The quantitative estimate of drug-likeness (QED) is 0.215. The van der Waals surface area contributed by atoms with Gasteiger partial charge in [0.15, 0.2) is 0 Å². The monoisotopic (exact) mass is 617 g/mol. The Kier molecular flexibility index (Phi) is 8.88. The molecule has 1 aromatic carbocycles. The van der Waals surface area contributed by atoms with Crippen molar-refractivity contribution in [3.63, 3.8) is 0 Å². The fraction of sp³-hybridized carbons (Fsp3) is 0.480. The maximum absolute atomic E-state index is 13.6. The molecule has 4 heterocycles. The van der Waals surface area contributed by atoms with Gasteiger partial charge in [-0.2, -0.15) is 0 Å². The summed E-state index contributed by atoms with van der Waals surface area (Å²) in [5, 5.41) is 36.4. The molecule has 0 aliphatic carbocycles. The number of likely N-dealkylation sites (N-methyl/N-ethyl adjacent to an activating group) is 1. The molecule has 2 fully saturated rings. The highest BCUT2D eigenvalue weighted by Crippen LogP contribution is 2.41. The molecule has 3 unspecified atom stereocenters. The summed E-state index contributed by atoms with van der Waals surface area (Å²) < 4.78 is 1.47. The van der Waals surface area contributed by atoms with Gasteiger partial charge in [-0.1, -0.05) is 30.8 Å². The van der Waals surface area contributed by atoms with E-state index in [4.69, 9.17) is 0 Å². The van der Waals surface area contributed by atoms with Gasteiger partial charge in [0.25, 0.3) is 5.91 Å². The van der Waals surface area contributed by atoms with Crippen molar-refractivity contribution < 1.29 is 29.4 Å². The van der Waals surface area contributed by atoms with Gasteiger partial charge < -0.3 is 30.6 Å². The normalized spacial score (nSPS) is 21.4. The van der Waals surface area contributed by atoms with Crippen LogP contribution >= 0.6 is 23.5 Å². The lowest BCUT2D eigenvalue weighted by molar-refractivity contribution is -0.151. The van der Waals surface area contributed by atoms with Crippen molar-refractivity contribution in [3.8, 4) is 5.75 Å². The smallest absolute Gasteiger partial charge is 0.352 e. The van der Waals surface area contributed by atoms with Gasteiger partial charge in [-0.05, 0) is 40.2 Å². The number of carboxylic acids is 1. The molecule has 3 aliphatic rings. The van der Waals surface area contributed by atoms with E-state index in [2.05, 4.69) is 38.0 Å². The third-order valence-corrected chi connectivity index (χ3v) is 9.80. The summed E-state index contributed by atoms with van der Waals surface area (Å²) >= 11 is 2.61. The predicted molar refractivity (Wildman–Crippen MR) is 152 cm³/mol. The van der Waals surface area contributed by atoms with E-state index in [1.54, 1.807) is 11.9 Å². The Labute approximate surface area is 249 Å². The molecule has 4 N–H and O–H groups in total. The Morgan fingerprint density at radius 1 is 1.17 bits per heavy atom. The number of rotatable bonds is 9. The number of nitrogens with one attached hydrogen (secondary N) is 2. The summed E-state index contributed by atoms with van der Waals surface area (Å²) in [4.78, 5) is 57.2. The number of thioether (sulfide) groups is 2. The number of hydrogen-bond acceptors (Lipinski definition) is 11. The number of carbonyl (C=O) groups excluding carboxylic acids is 3. The Morgan fingerprint density at radius 2 is 1.88 bits per heavy atom. The van der Waals surface area contributed by atoms with Gasteiger partial charge in [0.2, 0.25) is 11.1 Å². The molecule has 0 radical (unpaired) electrons. The molecule has 5 rings (SSSR count). The zero-order chi connectivity index (χ0) is 30.0. The largest absolute Gasteiger partial charge is 0.508 e. The van der Waals surface area contributed by atoms with Crippen LogP contribution in [0, 0.1) is 0 Å². The van der Waals surface area contributed by atoms with Crippen molar-refractivity contribution in [2.24, 2.45) is 7.05 Å². The molecule has 42 heavy (non-hydrogen) atoms. The van der Waals surface area contributed by atoms with E-state index in [9.17, 15) is 29.4 Å². The molecule has 4 amide bonds. The summed E-state index contributed by atoms with van der Waals surface area (Å²) in [5.41, 5.74) is 0.869. The number of phenolic OH excluding ortho intramolecular Hbond substituents is 1. The average Bonchev–Trinajstić information content (AvgIpc) is 3.41. The fourth-order valence-corrected chi connectivity index (χ4v) is 7.31. The summed E-state index contributed by atoms with van der Waals surface area (Å²) in [6.07, 6.45) is 0. The van der Waals surface area contributed by atoms with Crippen molar-refractivity contribution in [3.05, 3.63) is 41.1 Å². The number of aliphatic carboxylic acids is 1. The fourth-order valence-electron chi connectivity index (χ4n) is 4.98. The second-order valence-electron chi connectivity index (χ2n) is 9.92. The van der Waals surface area contributed by atoms with Gasteiger partial charge >= 0.3 is 12.0 Å². The topological polar surface area (TPSA) is 186 Å². The van der Waals surface area contributed by atoms with E-state index < -0.39 is 41.3 Å². The van der Waals surface area contributed by atoms with Crippen LogP contribution in [0.3, 0.4) is 0 Å². The first-order chi connectivity index (χ1) is 20.2. The van der Waals surface area contributed by atoms with Gasteiger partial charge in [-0.25, -0.2) is 14.3 Å². The summed E-state index contributed by atoms with van der Waals surface area (Å²) in [6, 6.07) is 3.36. The molecule has 17 heteroatoms. The van der Waals surface area contributed by atoms with Gasteiger partial charge in [0, 0.05) is 44.7 Å². The Balaban J connectivity index is 1.29. The van der Waals surface area contributed by atoms with E-state index in [0.717, 1.165) is 19.6 Å². The number of piperazine rings is 1. The van der Waals surface area contributed by atoms with Crippen LogP contribution in [0.2, 0.25) is 0 Å². The van der Waals surface area contributed by atoms with Crippen LogP contribution < -0.4 is 10.6 Å². The van der Waals surface area contributed by atoms with Crippen LogP contribution in [0.15, 0.2) is 40.7 Å². The molecule has 0 bridgehead atoms. The van der Waals surface area contributed by atoms with Crippen molar-refractivity contribution in [1.29, 1.82) is 0 Å². The van der Waals surface area contributed by atoms with Crippen molar-refractivity contribution in [2.45, 2.75) is 29.5 Å². The van der Waals surface area contributed by atoms with E-state index in [1.165, 1.54) is 57.4 Å². The number of carbonyl (C=O) groups is 4. The number of aromatic nitrogens is 4. The summed E-state index contributed by atoms with van der Waals surface area (Å²) in [7, 11) is 1.67. The maximum Gasteiger partial charge on any atom is 0.352 e. The first kappa shape index (κ1) is 29.7. The predicted octanol–water partition coefficient (Wildman–Crippen LogP) is -0.165. The summed E-state index contributed by atoms with van der Waals surface area (Å²) in [6.45, 7) is 5.41. The molecule has 2 saturated heterocycles. The number of benzene rings is 1. The maximum atomic E-state index is 13.6. The van der Waals surface area contributed by atoms with E-state index in [-0.39, 0.29) is 17.2 Å². The summed E-state index contributed by atoms with van der Waals surface area (Å²) in [5.74, 6) is -1.78. The van der Waals surface area contributed by atoms with Crippen LogP contribution in [-0.4, -0.2) is 125 Å². The molecule has 15 nitrogen and oxygen atoms in total. The number of aryl methyl sites for hydroxylation is 1. The molecule has 224 valence electrons. The van der Waals surface area contributed by atoms with Crippen LogP contribution in [0.5, 0.6) is 5.75 Å². The van der Waals surface area contributed by atoms with Gasteiger partial charge in [-0.15, -0.1) is 16.9 Å². The number of amides is 4. The highest BCUT2D eigenvalue weighted by Gasteiger charge is 2.54. The first-order valence-electron chi connectivity index (χ1n) is 13.3. The number of urea groups is 1. The zero-order valence-corrected chi connectivity index (χ0v) is 24.6. The minimum atomic E-state index is -1.23. The Morgan fingerprint density at radius 3 is 2.50 bits per heavy atom. The number of phenols is 1. The number of tetrazole rings is 1. The molecule has 3 aliphatic heterocycles. The zero-order valence-electron chi connectivity index (χ0n) is 23.0. The lowest BCUT2D eigenvalue weighted by atomic mass is 10.0. The van der Waals surface area contributed by atoms with Crippen LogP contribution in [0.1, 0.15) is 18.5 Å². The highest BCUT2D eigenvalue weighted by atomic mass is 32.2. The van der Waals surface area contributed by atoms with E-state index in [1.807, 2.05) is 0 Å². The number of fused-ring (bicyclic) bond motifs is 1. The van der Waals surface area contributed by atoms with Gasteiger partial charge in [0.05, 0.1) is 0 Å². The van der Waals surface area contributed by atoms with Gasteiger partial charge in [-0.3, -0.25) is 14.5 Å². The first-order valence-corrected chi connectivity index (χ1v) is 15.3. The lowest BCUT2D eigenvalue weighted by Gasteiger charge is -2.49. The minimum absolute atomic E-state index is 0.000678. The standard InChI is InChI=1S/C25H31N9O6S2/c1-3-32-8-10-33(11-9-32)24(40)27-17(14-4-6-16(35)7-5-14)20(36)26-18-21(37)34-19(23(38)39)15(12-41-22(18)34)13-42-25-28-29-30-31(25)2/h4-7,17-18,22,35H,3,8-13H2,1-2H3,(H,26,36)(H,27,40)(H,38,39). The molecule has 2 aromatic rings. The molecule has 3 atom stereocenters. The van der Waals surface area contributed by atoms with Crippen molar-refractivity contribution in [1.82, 2.24) is 45.5 Å².